The summed E-state index contributed by atoms with van der Waals surface area (Å²) in [6.07, 6.45) is 29.2. The van der Waals surface area contributed by atoms with Gasteiger partial charge in [-0.2, -0.15) is 0 Å². The first-order valence-electron chi connectivity index (χ1n) is 16.3. The molecule has 0 saturated heterocycles. The molecule has 6 atom stereocenters. The van der Waals surface area contributed by atoms with Crippen molar-refractivity contribution in [3.63, 3.8) is 0 Å². The zero-order valence-electron chi connectivity index (χ0n) is 24.7. The summed E-state index contributed by atoms with van der Waals surface area (Å²) in [4.78, 5) is 0. The van der Waals surface area contributed by atoms with Crippen LogP contribution in [0.15, 0.2) is 101 Å². The standard InChI is InChI=1S/C40H35F2N/c1-40(2)32-16-15-21-17-31(21)33(32)34-28-12-6-8-14-30(28)39-36(37(34)40)35-27-11-5-3-9-25(27)26-10-4-7-13-29(26)38(35)43(39)24-19-22(41)18-23(42)20-24/h5-8,11-16,18-21,26,28-31H,3-4,9-10,17H2,1-2H3. The van der Waals surface area contributed by atoms with E-state index in [1.165, 1.54) is 45.7 Å². The maximum absolute atomic E-state index is 15.1. The molecule has 0 bridgehead atoms. The molecule has 0 amide bonds. The van der Waals surface area contributed by atoms with E-state index in [4.69, 9.17) is 0 Å². The number of hydrogen-bond acceptors (Lipinski definition) is 0. The zero-order chi connectivity index (χ0) is 28.8. The van der Waals surface area contributed by atoms with Gasteiger partial charge in [-0.25, -0.2) is 8.78 Å². The SMILES string of the molecule is CC1(C)C2=C(C3=C1c1c4c(n(-c5cc(F)cc(F)c5)c1C1C=CC=CC31)C1C=CCCC1C1=C4C=CCC1)C1CC1C=C2. The number of fused-ring (bicyclic) bond motifs is 14. The molecular formula is C40H35F2N. The van der Waals surface area contributed by atoms with Crippen molar-refractivity contribution in [2.24, 2.45) is 29.1 Å². The lowest BCUT2D eigenvalue weighted by Crippen LogP contribution is -2.26. The van der Waals surface area contributed by atoms with E-state index in [-0.39, 0.29) is 23.2 Å². The third-order valence-electron chi connectivity index (χ3n) is 11.9. The van der Waals surface area contributed by atoms with Crippen LogP contribution in [-0.4, -0.2) is 4.57 Å². The summed E-state index contributed by atoms with van der Waals surface area (Å²) < 4.78 is 32.5. The lowest BCUT2D eigenvalue weighted by atomic mass is 9.64. The van der Waals surface area contributed by atoms with E-state index in [1.807, 2.05) is 0 Å². The van der Waals surface area contributed by atoms with Crippen molar-refractivity contribution in [3.8, 4) is 5.69 Å². The number of benzene rings is 1. The van der Waals surface area contributed by atoms with Gasteiger partial charge in [0.05, 0.1) is 5.69 Å². The van der Waals surface area contributed by atoms with Crippen LogP contribution in [0, 0.1) is 40.7 Å². The van der Waals surface area contributed by atoms with E-state index < -0.39 is 11.6 Å². The molecule has 6 unspecified atom stereocenters. The maximum atomic E-state index is 15.1. The van der Waals surface area contributed by atoms with Crippen molar-refractivity contribution >= 4 is 11.1 Å². The highest BCUT2D eigenvalue weighted by molar-refractivity contribution is 5.98. The molecule has 8 aliphatic carbocycles. The molecule has 1 nitrogen and oxygen atoms in total. The average Bonchev–Trinajstić information content (AvgIpc) is 3.65. The Morgan fingerprint density at radius 3 is 2.40 bits per heavy atom. The highest BCUT2D eigenvalue weighted by Crippen LogP contribution is 2.69. The van der Waals surface area contributed by atoms with Crippen LogP contribution in [-0.2, 0) is 0 Å². The van der Waals surface area contributed by atoms with Crippen molar-refractivity contribution in [1.29, 1.82) is 0 Å². The molecule has 1 fully saturated rings. The molecule has 3 heteroatoms. The molecular weight excluding hydrogens is 532 g/mol. The van der Waals surface area contributed by atoms with Crippen molar-refractivity contribution in [3.05, 3.63) is 135 Å². The monoisotopic (exact) mass is 567 g/mol. The Labute approximate surface area is 252 Å². The summed E-state index contributed by atoms with van der Waals surface area (Å²) >= 11 is 0. The molecule has 43 heavy (non-hydrogen) atoms. The Kier molecular flexibility index (Phi) is 4.74. The second-order valence-corrected chi connectivity index (χ2v) is 14.4. The van der Waals surface area contributed by atoms with E-state index in [0.29, 0.717) is 23.4 Å². The van der Waals surface area contributed by atoms with Crippen LogP contribution < -0.4 is 0 Å². The van der Waals surface area contributed by atoms with Gasteiger partial charge in [0.25, 0.3) is 0 Å². The molecule has 1 heterocycles. The normalized spacial score (nSPS) is 33.0. The first-order chi connectivity index (χ1) is 20.9. The number of allylic oxidation sites excluding steroid dienone is 16. The summed E-state index contributed by atoms with van der Waals surface area (Å²) in [6, 6.07) is 4.10. The molecule has 8 aliphatic rings. The van der Waals surface area contributed by atoms with Gasteiger partial charge in [-0.1, -0.05) is 80.2 Å². The minimum absolute atomic E-state index is 0.101. The van der Waals surface area contributed by atoms with E-state index in [1.54, 1.807) is 28.9 Å². The largest absolute Gasteiger partial charge is 0.315 e. The van der Waals surface area contributed by atoms with Gasteiger partial charge in [0.2, 0.25) is 0 Å². The van der Waals surface area contributed by atoms with Crippen LogP contribution in [0.4, 0.5) is 8.78 Å². The number of halogens is 2. The third-order valence-corrected chi connectivity index (χ3v) is 11.9. The van der Waals surface area contributed by atoms with Crippen LogP contribution in [0.3, 0.4) is 0 Å². The Balaban J connectivity index is 1.38. The van der Waals surface area contributed by atoms with Gasteiger partial charge in [-0.15, -0.1) is 0 Å². The minimum atomic E-state index is -0.523. The Morgan fingerprint density at radius 2 is 1.56 bits per heavy atom. The molecule has 0 radical (unpaired) electrons. The van der Waals surface area contributed by atoms with Crippen LogP contribution in [0.1, 0.15) is 80.3 Å². The van der Waals surface area contributed by atoms with Crippen molar-refractivity contribution in [2.45, 2.75) is 57.8 Å². The first kappa shape index (κ1) is 24.7. The fourth-order valence-electron chi connectivity index (χ4n) is 10.2. The van der Waals surface area contributed by atoms with Crippen molar-refractivity contribution in [2.75, 3.05) is 0 Å². The zero-order valence-corrected chi connectivity index (χ0v) is 24.7. The second-order valence-electron chi connectivity index (χ2n) is 14.4. The number of nitrogens with zero attached hydrogens (tertiary/aromatic N) is 1. The minimum Gasteiger partial charge on any atom is -0.315 e. The van der Waals surface area contributed by atoms with E-state index >= 15 is 8.78 Å². The van der Waals surface area contributed by atoms with E-state index in [2.05, 4.69) is 79.2 Å². The molecule has 1 aromatic heterocycles. The molecule has 214 valence electrons. The Bertz CT molecular complexity index is 1910. The quantitative estimate of drug-likeness (QED) is 0.302. The van der Waals surface area contributed by atoms with Crippen LogP contribution in [0.25, 0.3) is 16.8 Å². The van der Waals surface area contributed by atoms with Crippen molar-refractivity contribution < 1.29 is 8.78 Å². The molecule has 0 spiro atoms. The molecule has 10 rings (SSSR count). The Hall–Kier alpha value is -3.72. The highest BCUT2D eigenvalue weighted by atomic mass is 19.1. The topological polar surface area (TPSA) is 4.93 Å². The maximum Gasteiger partial charge on any atom is 0.128 e. The predicted octanol–water partition coefficient (Wildman–Crippen LogP) is 10.1. The summed E-state index contributed by atoms with van der Waals surface area (Å²) in [5, 5.41) is 0. The van der Waals surface area contributed by atoms with E-state index in [0.717, 1.165) is 31.7 Å². The third kappa shape index (κ3) is 3.06. The predicted molar refractivity (Wildman–Crippen MR) is 169 cm³/mol. The average molecular weight is 568 g/mol. The van der Waals surface area contributed by atoms with E-state index in [9.17, 15) is 0 Å². The molecule has 0 aliphatic heterocycles. The van der Waals surface area contributed by atoms with Gasteiger partial charge >= 0.3 is 0 Å². The van der Waals surface area contributed by atoms with Gasteiger partial charge in [0.1, 0.15) is 11.6 Å². The lowest BCUT2D eigenvalue weighted by molar-refractivity contribution is 0.459. The smallest absolute Gasteiger partial charge is 0.128 e. The lowest BCUT2D eigenvalue weighted by Gasteiger charge is -2.39. The molecule has 1 saturated carbocycles. The molecule has 0 N–H and O–H groups in total. The fraction of sp³-hybridized carbons (Fsp3) is 0.350. The number of hydrogen-bond donors (Lipinski definition) is 0. The van der Waals surface area contributed by atoms with Gasteiger partial charge in [0.15, 0.2) is 0 Å². The van der Waals surface area contributed by atoms with Crippen LogP contribution in [0.5, 0.6) is 0 Å². The van der Waals surface area contributed by atoms with Gasteiger partial charge in [-0.05, 0) is 89.9 Å². The summed E-state index contributed by atoms with van der Waals surface area (Å²) in [5.74, 6) is 1.18. The van der Waals surface area contributed by atoms with Gasteiger partial charge in [0, 0.05) is 51.7 Å². The summed E-state index contributed by atoms with van der Waals surface area (Å²) in [7, 11) is 0. The molecule has 2 aromatic rings. The molecule has 1 aromatic carbocycles. The Morgan fingerprint density at radius 1 is 0.767 bits per heavy atom. The number of rotatable bonds is 1. The van der Waals surface area contributed by atoms with Gasteiger partial charge < -0.3 is 4.57 Å². The summed E-state index contributed by atoms with van der Waals surface area (Å²) in [5.41, 5.74) is 14.6. The van der Waals surface area contributed by atoms with Gasteiger partial charge in [-0.3, -0.25) is 0 Å². The highest BCUT2D eigenvalue weighted by Gasteiger charge is 2.56. The van der Waals surface area contributed by atoms with Crippen molar-refractivity contribution in [1.82, 2.24) is 4.57 Å². The second kappa shape index (κ2) is 8.25. The van der Waals surface area contributed by atoms with Crippen LogP contribution >= 0.6 is 0 Å². The van der Waals surface area contributed by atoms with Crippen LogP contribution in [0.2, 0.25) is 0 Å². The summed E-state index contributed by atoms with van der Waals surface area (Å²) in [6.45, 7) is 4.85. The fourth-order valence-corrected chi connectivity index (χ4v) is 10.2. The number of aromatic nitrogens is 1. The first-order valence-corrected chi connectivity index (χ1v) is 16.3.